The fraction of sp³-hybridized carbons (Fsp3) is 0.321. The van der Waals surface area contributed by atoms with Gasteiger partial charge < -0.3 is 0 Å². The molecule has 0 saturated heterocycles. The molecular weight excluding hydrogens is 380 g/mol. The van der Waals surface area contributed by atoms with E-state index in [2.05, 4.69) is 92.2 Å². The first-order chi connectivity index (χ1) is 14.9. The maximum Gasteiger partial charge on any atom is 0.275 e. The fourth-order valence-electron chi connectivity index (χ4n) is 6.36. The van der Waals surface area contributed by atoms with Crippen LogP contribution in [0.2, 0.25) is 0 Å². The quantitative estimate of drug-likeness (QED) is 0.407. The van der Waals surface area contributed by atoms with E-state index in [1.165, 1.54) is 16.6 Å². The van der Waals surface area contributed by atoms with Gasteiger partial charge in [0, 0.05) is 11.0 Å². The zero-order valence-electron chi connectivity index (χ0n) is 18.4. The number of hydrogen-bond donors (Lipinski definition) is 0. The number of benzene rings is 3. The maximum atomic E-state index is 14.0. The molecule has 2 atom stereocenters. The molecule has 0 N–H and O–H groups in total. The number of hydrogen-bond acceptors (Lipinski definition) is 1. The van der Waals surface area contributed by atoms with Gasteiger partial charge in [0.1, 0.15) is 0 Å². The van der Waals surface area contributed by atoms with Gasteiger partial charge in [-0.05, 0) is 52.6 Å². The van der Waals surface area contributed by atoms with Gasteiger partial charge in [-0.1, -0.05) is 81.4 Å². The zero-order chi connectivity index (χ0) is 21.4. The topological polar surface area (TPSA) is 26.9 Å². The van der Waals surface area contributed by atoms with E-state index in [-0.39, 0.29) is 16.4 Å². The van der Waals surface area contributed by atoms with Crippen LogP contribution in [-0.4, -0.2) is 9.36 Å². The second kappa shape index (κ2) is 6.23. The summed E-state index contributed by atoms with van der Waals surface area (Å²) in [5.74, 6) is 0.337. The highest BCUT2D eigenvalue weighted by atomic mass is 16.1. The summed E-state index contributed by atoms with van der Waals surface area (Å²) in [6.07, 6.45) is 2.26. The van der Waals surface area contributed by atoms with E-state index in [0.29, 0.717) is 12.5 Å². The normalized spacial score (nSPS) is 23.4. The minimum Gasteiger partial charge on any atom is -0.277 e. The molecule has 6 rings (SSSR count). The first-order valence-corrected chi connectivity index (χ1v) is 11.3. The highest BCUT2D eigenvalue weighted by molar-refractivity contribution is 5.84. The Kier molecular flexibility index (Phi) is 3.75. The van der Waals surface area contributed by atoms with E-state index < -0.39 is 0 Å². The van der Waals surface area contributed by atoms with Gasteiger partial charge in [0.2, 0.25) is 0 Å². The van der Waals surface area contributed by atoms with Crippen LogP contribution in [0.5, 0.6) is 0 Å². The zero-order valence-corrected chi connectivity index (χ0v) is 18.4. The molecule has 0 amide bonds. The third-order valence-corrected chi connectivity index (χ3v) is 8.43. The van der Waals surface area contributed by atoms with Crippen molar-refractivity contribution in [3.05, 3.63) is 100.0 Å². The molecular formula is C28H28N2O. The summed E-state index contributed by atoms with van der Waals surface area (Å²) in [7, 11) is 0. The Morgan fingerprint density at radius 2 is 1.61 bits per heavy atom. The first-order valence-electron chi connectivity index (χ1n) is 11.3. The van der Waals surface area contributed by atoms with E-state index >= 15 is 0 Å². The Labute approximate surface area is 182 Å². The maximum absolute atomic E-state index is 14.0. The van der Waals surface area contributed by atoms with Gasteiger partial charge in [-0.2, -0.15) is 0 Å². The Hall–Kier alpha value is -3.07. The number of nitrogens with zero attached hydrogens (tertiary/aromatic N) is 2. The monoisotopic (exact) mass is 408 g/mol. The molecule has 2 aliphatic carbocycles. The number of fused-ring (bicyclic) bond motifs is 6. The van der Waals surface area contributed by atoms with Crippen molar-refractivity contribution in [3.8, 4) is 5.69 Å². The molecule has 0 spiro atoms. The van der Waals surface area contributed by atoms with Crippen molar-refractivity contribution in [2.75, 3.05) is 0 Å². The Balaban J connectivity index is 1.64. The lowest BCUT2D eigenvalue weighted by Crippen LogP contribution is -2.36. The minimum absolute atomic E-state index is 0.0169. The second-order valence-electron chi connectivity index (χ2n) is 10.1. The largest absolute Gasteiger partial charge is 0.277 e. The highest BCUT2D eigenvalue weighted by Gasteiger charge is 2.62. The van der Waals surface area contributed by atoms with Gasteiger partial charge in [-0.3, -0.25) is 9.48 Å². The van der Waals surface area contributed by atoms with Crippen LogP contribution in [0.25, 0.3) is 16.5 Å². The molecule has 156 valence electrons. The van der Waals surface area contributed by atoms with Crippen molar-refractivity contribution in [2.45, 2.75) is 51.5 Å². The average Bonchev–Trinajstić information content (AvgIpc) is 3.26. The van der Waals surface area contributed by atoms with E-state index in [0.717, 1.165) is 29.5 Å². The Morgan fingerprint density at radius 3 is 2.39 bits per heavy atom. The van der Waals surface area contributed by atoms with Crippen LogP contribution in [0.15, 0.2) is 77.6 Å². The van der Waals surface area contributed by atoms with E-state index in [9.17, 15) is 4.79 Å². The van der Waals surface area contributed by atoms with Crippen LogP contribution in [-0.2, 0) is 12.0 Å². The molecule has 1 saturated carbocycles. The molecule has 2 aliphatic rings. The van der Waals surface area contributed by atoms with Crippen molar-refractivity contribution in [1.82, 2.24) is 9.36 Å². The van der Waals surface area contributed by atoms with Gasteiger partial charge in [0.25, 0.3) is 5.56 Å². The molecule has 31 heavy (non-hydrogen) atoms. The molecule has 3 aromatic carbocycles. The molecule has 3 heteroatoms. The SMILES string of the molecule is CC12CCC(c3c1n(Cc1ccccc1)n(-c1ccc4ccccc4c1)c3=O)C2(C)C. The Bertz CT molecular complexity index is 1380. The molecule has 4 aromatic rings. The summed E-state index contributed by atoms with van der Waals surface area (Å²) in [5, 5.41) is 2.36. The minimum atomic E-state index is 0.0169. The van der Waals surface area contributed by atoms with Crippen LogP contribution in [0.4, 0.5) is 0 Å². The number of rotatable bonds is 3. The third kappa shape index (κ3) is 2.38. The summed E-state index contributed by atoms with van der Waals surface area (Å²) in [6.45, 7) is 7.80. The molecule has 1 aromatic heterocycles. The van der Waals surface area contributed by atoms with Crippen LogP contribution in [0.3, 0.4) is 0 Å². The lowest BCUT2D eigenvalue weighted by molar-refractivity contribution is 0.216. The van der Waals surface area contributed by atoms with Crippen LogP contribution in [0, 0.1) is 5.41 Å². The van der Waals surface area contributed by atoms with Crippen molar-refractivity contribution >= 4 is 10.8 Å². The molecule has 2 unspecified atom stereocenters. The van der Waals surface area contributed by atoms with Gasteiger partial charge in [0.05, 0.1) is 17.9 Å². The smallest absolute Gasteiger partial charge is 0.275 e. The van der Waals surface area contributed by atoms with Crippen LogP contribution in [0.1, 0.15) is 56.4 Å². The van der Waals surface area contributed by atoms with Gasteiger partial charge in [-0.25, -0.2) is 4.68 Å². The Morgan fingerprint density at radius 1 is 0.903 bits per heavy atom. The van der Waals surface area contributed by atoms with E-state index in [1.54, 1.807) is 0 Å². The summed E-state index contributed by atoms with van der Waals surface area (Å²) in [4.78, 5) is 14.0. The number of aromatic nitrogens is 2. The molecule has 1 heterocycles. The average molecular weight is 409 g/mol. The molecule has 0 radical (unpaired) electrons. The summed E-state index contributed by atoms with van der Waals surface area (Å²) < 4.78 is 4.24. The van der Waals surface area contributed by atoms with Crippen molar-refractivity contribution < 1.29 is 0 Å². The van der Waals surface area contributed by atoms with E-state index in [4.69, 9.17) is 0 Å². The van der Waals surface area contributed by atoms with Gasteiger partial charge in [-0.15, -0.1) is 0 Å². The molecule has 2 bridgehead atoms. The van der Waals surface area contributed by atoms with Crippen molar-refractivity contribution in [1.29, 1.82) is 0 Å². The van der Waals surface area contributed by atoms with Crippen LogP contribution < -0.4 is 5.56 Å². The van der Waals surface area contributed by atoms with E-state index in [1.807, 2.05) is 10.7 Å². The summed E-state index contributed by atoms with van der Waals surface area (Å²) in [5.41, 5.74) is 4.79. The predicted molar refractivity (Wildman–Crippen MR) is 126 cm³/mol. The van der Waals surface area contributed by atoms with Gasteiger partial charge in [0.15, 0.2) is 0 Å². The molecule has 1 fully saturated rings. The summed E-state index contributed by atoms with van der Waals surface area (Å²) >= 11 is 0. The van der Waals surface area contributed by atoms with Crippen molar-refractivity contribution in [2.24, 2.45) is 5.41 Å². The van der Waals surface area contributed by atoms with Crippen molar-refractivity contribution in [3.63, 3.8) is 0 Å². The fourth-order valence-corrected chi connectivity index (χ4v) is 6.36. The second-order valence-corrected chi connectivity index (χ2v) is 10.1. The van der Waals surface area contributed by atoms with Crippen LogP contribution >= 0.6 is 0 Å². The predicted octanol–water partition coefficient (Wildman–Crippen LogP) is 6.02. The third-order valence-electron chi connectivity index (χ3n) is 8.43. The first kappa shape index (κ1) is 18.7. The standard InChI is InChI=1S/C28H28N2O/c1-27(2)23-15-16-28(27,3)25-24(23)26(31)30(29(25)18-19-9-5-4-6-10-19)22-14-13-20-11-7-8-12-21(20)17-22/h4-14,17,23H,15-16,18H2,1-3H3. The highest BCUT2D eigenvalue weighted by Crippen LogP contribution is 2.67. The lowest BCUT2D eigenvalue weighted by Gasteiger charge is -2.36. The molecule has 0 aliphatic heterocycles. The lowest BCUT2D eigenvalue weighted by atomic mass is 9.70. The molecule has 3 nitrogen and oxygen atoms in total. The summed E-state index contributed by atoms with van der Waals surface area (Å²) in [6, 6.07) is 25.2. The van der Waals surface area contributed by atoms with Gasteiger partial charge >= 0.3 is 0 Å².